The molecule has 0 radical (unpaired) electrons. The van der Waals surface area contributed by atoms with E-state index in [2.05, 4.69) is 5.10 Å². The van der Waals surface area contributed by atoms with Crippen LogP contribution < -0.4 is 5.73 Å². The van der Waals surface area contributed by atoms with Crippen LogP contribution in [0.5, 0.6) is 0 Å². The Morgan fingerprint density at radius 2 is 1.94 bits per heavy atom. The lowest BCUT2D eigenvalue weighted by Crippen LogP contribution is -2.47. The molecule has 3 nitrogen and oxygen atoms in total. The molecule has 1 heterocycles. The highest BCUT2D eigenvalue weighted by Gasteiger charge is 2.63. The first-order valence-corrected chi connectivity index (χ1v) is 4.42. The third-order valence-corrected chi connectivity index (χ3v) is 2.10. The molecule has 0 aromatic carbocycles. The van der Waals surface area contributed by atoms with Gasteiger partial charge in [0.25, 0.3) is 0 Å². The van der Waals surface area contributed by atoms with Crippen LogP contribution in [0, 0.1) is 0 Å². The summed E-state index contributed by atoms with van der Waals surface area (Å²) in [5.41, 5.74) is 4.91. The predicted molar refractivity (Wildman–Crippen MR) is 46.3 cm³/mol. The average molecular weight is 264 g/mol. The zero-order chi connectivity index (χ0) is 12.6. The van der Waals surface area contributed by atoms with Gasteiger partial charge in [0, 0.05) is 12.7 Å². The number of aromatic nitrogens is 2. The largest absolute Gasteiger partial charge is 0.455 e. The van der Waals surface area contributed by atoms with Crippen LogP contribution in [0.1, 0.15) is 6.04 Å². The molecule has 0 saturated carbocycles. The molecule has 9 heteroatoms. The standard InChI is InChI=1S/C7H7ClF5N3/c8-4-2-15-16(3-4)5(1-14)6(9,10)7(11,12)13/h2-3,5H,1,14H2. The lowest BCUT2D eigenvalue weighted by atomic mass is 10.1. The van der Waals surface area contributed by atoms with Gasteiger partial charge >= 0.3 is 12.1 Å². The maximum Gasteiger partial charge on any atom is 0.455 e. The molecule has 0 aliphatic carbocycles. The van der Waals surface area contributed by atoms with Crippen LogP contribution in [0.3, 0.4) is 0 Å². The molecule has 1 atom stereocenters. The van der Waals surface area contributed by atoms with Crippen LogP contribution in [-0.4, -0.2) is 28.4 Å². The molecule has 0 bridgehead atoms. The minimum atomic E-state index is -5.69. The molecule has 1 aromatic rings. The number of alkyl halides is 5. The van der Waals surface area contributed by atoms with Gasteiger partial charge in [-0.1, -0.05) is 11.6 Å². The van der Waals surface area contributed by atoms with E-state index >= 15 is 0 Å². The van der Waals surface area contributed by atoms with Crippen molar-refractivity contribution in [2.24, 2.45) is 5.73 Å². The second-order valence-electron chi connectivity index (χ2n) is 3.01. The van der Waals surface area contributed by atoms with E-state index in [1.165, 1.54) is 0 Å². The summed E-state index contributed by atoms with van der Waals surface area (Å²) in [6.07, 6.45) is -3.87. The van der Waals surface area contributed by atoms with Gasteiger partial charge in [-0.05, 0) is 0 Å². The number of nitrogens with two attached hydrogens (primary N) is 1. The Hall–Kier alpha value is -0.890. The van der Waals surface area contributed by atoms with Crippen LogP contribution in [-0.2, 0) is 0 Å². The van der Waals surface area contributed by atoms with Gasteiger partial charge in [-0.25, -0.2) is 0 Å². The molecule has 1 unspecified atom stereocenters. The summed E-state index contributed by atoms with van der Waals surface area (Å²) in [5.74, 6) is -4.96. The Kier molecular flexibility index (Phi) is 3.44. The molecule has 92 valence electrons. The van der Waals surface area contributed by atoms with Gasteiger partial charge in [0.1, 0.15) is 6.04 Å². The number of hydrogen-bond acceptors (Lipinski definition) is 2. The monoisotopic (exact) mass is 263 g/mol. The Labute approximate surface area is 92.0 Å². The lowest BCUT2D eigenvalue weighted by molar-refractivity contribution is -0.298. The van der Waals surface area contributed by atoms with Crippen molar-refractivity contribution in [2.75, 3.05) is 6.54 Å². The van der Waals surface area contributed by atoms with Crippen molar-refractivity contribution in [1.29, 1.82) is 0 Å². The minimum absolute atomic E-state index is 0.0450. The molecule has 0 aliphatic heterocycles. The van der Waals surface area contributed by atoms with Gasteiger partial charge in [-0.15, -0.1) is 0 Å². The molecule has 0 fully saturated rings. The van der Waals surface area contributed by atoms with Crippen molar-refractivity contribution in [3.8, 4) is 0 Å². The SMILES string of the molecule is NCC(n1cc(Cl)cn1)C(F)(F)C(F)(F)F. The van der Waals surface area contributed by atoms with Crippen LogP contribution >= 0.6 is 11.6 Å². The van der Waals surface area contributed by atoms with Crippen LogP contribution in [0.25, 0.3) is 0 Å². The summed E-state index contributed by atoms with van der Waals surface area (Å²) >= 11 is 5.38. The van der Waals surface area contributed by atoms with E-state index in [9.17, 15) is 22.0 Å². The molecule has 0 spiro atoms. The topological polar surface area (TPSA) is 43.8 Å². The third kappa shape index (κ3) is 2.27. The van der Waals surface area contributed by atoms with Crippen LogP contribution in [0.4, 0.5) is 22.0 Å². The highest BCUT2D eigenvalue weighted by molar-refractivity contribution is 6.30. The van der Waals surface area contributed by atoms with E-state index in [0.717, 1.165) is 12.4 Å². The van der Waals surface area contributed by atoms with Crippen molar-refractivity contribution in [3.63, 3.8) is 0 Å². The van der Waals surface area contributed by atoms with E-state index in [1.54, 1.807) is 0 Å². The van der Waals surface area contributed by atoms with Gasteiger partial charge in [0.05, 0.1) is 11.2 Å². The molecular formula is C7H7ClF5N3. The zero-order valence-corrected chi connectivity index (χ0v) is 8.43. The van der Waals surface area contributed by atoms with Gasteiger partial charge < -0.3 is 5.73 Å². The Balaban J connectivity index is 3.08. The van der Waals surface area contributed by atoms with Gasteiger partial charge in [0.15, 0.2) is 0 Å². The van der Waals surface area contributed by atoms with E-state index < -0.39 is 24.7 Å². The molecular weight excluding hydrogens is 257 g/mol. The van der Waals surface area contributed by atoms with Gasteiger partial charge in [-0.3, -0.25) is 4.68 Å². The second-order valence-corrected chi connectivity index (χ2v) is 3.45. The Morgan fingerprint density at radius 3 is 2.25 bits per heavy atom. The highest BCUT2D eigenvalue weighted by atomic mass is 35.5. The van der Waals surface area contributed by atoms with E-state index in [1.807, 2.05) is 0 Å². The molecule has 16 heavy (non-hydrogen) atoms. The Morgan fingerprint density at radius 1 is 1.38 bits per heavy atom. The Bertz CT molecular complexity index is 361. The van der Waals surface area contributed by atoms with Crippen molar-refractivity contribution in [1.82, 2.24) is 9.78 Å². The van der Waals surface area contributed by atoms with Crippen molar-refractivity contribution in [2.45, 2.75) is 18.1 Å². The fourth-order valence-electron chi connectivity index (χ4n) is 1.10. The number of hydrogen-bond donors (Lipinski definition) is 1. The van der Waals surface area contributed by atoms with Crippen molar-refractivity contribution in [3.05, 3.63) is 17.4 Å². The van der Waals surface area contributed by atoms with Crippen LogP contribution in [0.15, 0.2) is 12.4 Å². The summed E-state index contributed by atoms with van der Waals surface area (Å²) in [7, 11) is 0. The summed E-state index contributed by atoms with van der Waals surface area (Å²) in [6.45, 7) is -0.912. The van der Waals surface area contributed by atoms with Crippen LogP contribution in [0.2, 0.25) is 5.02 Å². The summed E-state index contributed by atoms with van der Waals surface area (Å²) in [6, 6.07) is -2.31. The lowest BCUT2D eigenvalue weighted by Gasteiger charge is -2.27. The normalized spacial score (nSPS) is 15.2. The first-order chi connectivity index (χ1) is 7.20. The molecule has 2 N–H and O–H groups in total. The predicted octanol–water partition coefficient (Wildman–Crippen LogP) is 2.23. The average Bonchev–Trinajstić information content (AvgIpc) is 2.50. The second kappa shape index (κ2) is 4.17. The first kappa shape index (κ1) is 13.2. The van der Waals surface area contributed by atoms with Crippen molar-refractivity contribution >= 4 is 11.6 Å². The first-order valence-electron chi connectivity index (χ1n) is 4.04. The molecule has 0 aliphatic rings. The molecule has 0 amide bonds. The van der Waals surface area contributed by atoms with E-state index in [4.69, 9.17) is 17.3 Å². The van der Waals surface area contributed by atoms with E-state index in [0.29, 0.717) is 4.68 Å². The zero-order valence-electron chi connectivity index (χ0n) is 7.68. The number of nitrogens with zero attached hydrogens (tertiary/aromatic N) is 2. The molecule has 0 saturated heterocycles. The number of rotatable bonds is 3. The number of halogens is 6. The summed E-state index contributed by atoms with van der Waals surface area (Å²) in [5, 5.41) is 3.25. The quantitative estimate of drug-likeness (QED) is 0.850. The summed E-state index contributed by atoms with van der Waals surface area (Å²) in [4.78, 5) is 0. The molecule has 1 aromatic heterocycles. The molecule has 1 rings (SSSR count). The fraction of sp³-hybridized carbons (Fsp3) is 0.571. The third-order valence-electron chi connectivity index (χ3n) is 1.91. The summed E-state index contributed by atoms with van der Waals surface area (Å²) < 4.78 is 62.6. The fourth-order valence-corrected chi connectivity index (χ4v) is 1.24. The minimum Gasteiger partial charge on any atom is -0.328 e. The van der Waals surface area contributed by atoms with Gasteiger partial charge in [-0.2, -0.15) is 27.1 Å². The van der Waals surface area contributed by atoms with E-state index in [-0.39, 0.29) is 5.02 Å². The maximum absolute atomic E-state index is 13.0. The maximum atomic E-state index is 13.0. The smallest absolute Gasteiger partial charge is 0.328 e. The highest BCUT2D eigenvalue weighted by Crippen LogP contribution is 2.42. The van der Waals surface area contributed by atoms with Gasteiger partial charge in [0.2, 0.25) is 0 Å². The van der Waals surface area contributed by atoms with Crippen molar-refractivity contribution < 1.29 is 22.0 Å².